The van der Waals surface area contributed by atoms with Gasteiger partial charge in [0.1, 0.15) is 0 Å². The van der Waals surface area contributed by atoms with Gasteiger partial charge in [-0.25, -0.2) is 0 Å². The summed E-state index contributed by atoms with van der Waals surface area (Å²) in [5.41, 5.74) is 0. The molecule has 78 valence electrons. The SMILES string of the molecule is N#C[C@@H]1CNC[C@H]1CC1CCOCC1. The zero-order valence-corrected chi connectivity index (χ0v) is 8.54. The van der Waals surface area contributed by atoms with Crippen molar-refractivity contribution in [3.8, 4) is 6.07 Å². The van der Waals surface area contributed by atoms with E-state index in [-0.39, 0.29) is 5.92 Å². The molecule has 0 bridgehead atoms. The minimum absolute atomic E-state index is 0.248. The van der Waals surface area contributed by atoms with Gasteiger partial charge >= 0.3 is 0 Å². The van der Waals surface area contributed by atoms with Crippen LogP contribution in [0, 0.1) is 29.1 Å². The second kappa shape index (κ2) is 4.77. The highest BCUT2D eigenvalue weighted by Gasteiger charge is 2.29. The molecule has 0 aromatic heterocycles. The fraction of sp³-hybridized carbons (Fsp3) is 0.909. The lowest BCUT2D eigenvalue weighted by molar-refractivity contribution is 0.0583. The molecule has 0 radical (unpaired) electrons. The molecule has 2 aliphatic rings. The predicted molar refractivity (Wildman–Crippen MR) is 53.6 cm³/mol. The van der Waals surface area contributed by atoms with E-state index in [1.54, 1.807) is 0 Å². The molecule has 0 aliphatic carbocycles. The highest BCUT2D eigenvalue weighted by atomic mass is 16.5. The molecule has 2 rings (SSSR count). The van der Waals surface area contributed by atoms with Gasteiger partial charge in [-0.05, 0) is 37.6 Å². The Labute approximate surface area is 85.4 Å². The number of hydrogen-bond acceptors (Lipinski definition) is 3. The first-order chi connectivity index (χ1) is 6.90. The Kier molecular flexibility index (Phi) is 3.39. The van der Waals surface area contributed by atoms with Gasteiger partial charge in [0.05, 0.1) is 12.0 Å². The van der Waals surface area contributed by atoms with Crippen LogP contribution in [-0.4, -0.2) is 26.3 Å². The smallest absolute Gasteiger partial charge is 0.0672 e. The summed E-state index contributed by atoms with van der Waals surface area (Å²) in [5, 5.41) is 12.3. The Hall–Kier alpha value is -0.590. The number of ether oxygens (including phenoxy) is 1. The lowest BCUT2D eigenvalue weighted by Gasteiger charge is -2.25. The van der Waals surface area contributed by atoms with Crippen molar-refractivity contribution < 1.29 is 4.74 Å². The zero-order chi connectivity index (χ0) is 9.80. The molecule has 0 aromatic carbocycles. The zero-order valence-electron chi connectivity index (χ0n) is 8.54. The topological polar surface area (TPSA) is 45.0 Å². The molecule has 3 nitrogen and oxygen atoms in total. The third-order valence-corrected chi connectivity index (χ3v) is 3.48. The van der Waals surface area contributed by atoms with Gasteiger partial charge in [-0.2, -0.15) is 5.26 Å². The third-order valence-electron chi connectivity index (χ3n) is 3.48. The van der Waals surface area contributed by atoms with Gasteiger partial charge in [-0.15, -0.1) is 0 Å². The molecule has 2 fully saturated rings. The van der Waals surface area contributed by atoms with Crippen LogP contribution in [0.2, 0.25) is 0 Å². The summed E-state index contributed by atoms with van der Waals surface area (Å²) in [6, 6.07) is 2.41. The molecule has 0 unspecified atom stereocenters. The van der Waals surface area contributed by atoms with Crippen molar-refractivity contribution in [1.82, 2.24) is 5.32 Å². The van der Waals surface area contributed by atoms with E-state index in [1.165, 1.54) is 19.3 Å². The van der Waals surface area contributed by atoms with E-state index in [1.807, 2.05) is 0 Å². The maximum atomic E-state index is 8.95. The number of nitrogens with one attached hydrogen (secondary N) is 1. The average Bonchev–Trinajstić information content (AvgIpc) is 2.67. The lowest BCUT2D eigenvalue weighted by Crippen LogP contribution is -2.21. The fourth-order valence-electron chi connectivity index (χ4n) is 2.54. The summed E-state index contributed by atoms with van der Waals surface area (Å²) in [6.45, 7) is 3.77. The average molecular weight is 194 g/mol. The van der Waals surface area contributed by atoms with E-state index >= 15 is 0 Å². The Morgan fingerprint density at radius 1 is 1.29 bits per heavy atom. The van der Waals surface area contributed by atoms with Crippen LogP contribution in [-0.2, 0) is 4.74 Å². The standard InChI is InChI=1S/C11H18N2O/c12-6-11-8-13-7-10(11)5-9-1-3-14-4-2-9/h9-11,13H,1-5,7-8H2/t10-,11-/m1/s1. The van der Waals surface area contributed by atoms with E-state index < -0.39 is 0 Å². The molecule has 0 spiro atoms. The van der Waals surface area contributed by atoms with Crippen LogP contribution >= 0.6 is 0 Å². The molecule has 2 heterocycles. The Balaban J connectivity index is 1.81. The summed E-state index contributed by atoms with van der Waals surface area (Å²) in [4.78, 5) is 0. The van der Waals surface area contributed by atoms with Crippen LogP contribution in [0.5, 0.6) is 0 Å². The van der Waals surface area contributed by atoms with Gasteiger partial charge in [-0.1, -0.05) is 0 Å². The van der Waals surface area contributed by atoms with E-state index in [2.05, 4.69) is 11.4 Å². The second-order valence-electron chi connectivity index (χ2n) is 4.45. The monoisotopic (exact) mass is 194 g/mol. The molecule has 0 amide bonds. The molecule has 2 saturated heterocycles. The molecule has 0 aromatic rings. The third kappa shape index (κ3) is 2.26. The maximum absolute atomic E-state index is 8.95. The van der Waals surface area contributed by atoms with E-state index in [0.29, 0.717) is 5.92 Å². The van der Waals surface area contributed by atoms with Gasteiger partial charge in [0.2, 0.25) is 0 Å². The van der Waals surface area contributed by atoms with E-state index in [9.17, 15) is 0 Å². The molecular formula is C11H18N2O. The van der Waals surface area contributed by atoms with Crippen LogP contribution < -0.4 is 5.32 Å². The molecule has 1 N–H and O–H groups in total. The second-order valence-corrected chi connectivity index (χ2v) is 4.45. The summed E-state index contributed by atoms with van der Waals surface area (Å²) >= 11 is 0. The van der Waals surface area contributed by atoms with Crippen LogP contribution in [0.4, 0.5) is 0 Å². The van der Waals surface area contributed by atoms with Gasteiger partial charge in [0.25, 0.3) is 0 Å². The Morgan fingerprint density at radius 2 is 2.07 bits per heavy atom. The quantitative estimate of drug-likeness (QED) is 0.717. The molecule has 14 heavy (non-hydrogen) atoms. The first kappa shape index (κ1) is 9.95. The van der Waals surface area contributed by atoms with Crippen LogP contribution in [0.3, 0.4) is 0 Å². The van der Waals surface area contributed by atoms with Crippen molar-refractivity contribution in [2.24, 2.45) is 17.8 Å². The van der Waals surface area contributed by atoms with Crippen molar-refractivity contribution >= 4 is 0 Å². The minimum atomic E-state index is 0.248. The van der Waals surface area contributed by atoms with E-state index in [0.717, 1.165) is 32.2 Å². The normalized spacial score (nSPS) is 34.2. The van der Waals surface area contributed by atoms with Gasteiger partial charge in [-0.3, -0.25) is 0 Å². The van der Waals surface area contributed by atoms with Crippen molar-refractivity contribution in [3.63, 3.8) is 0 Å². The highest BCUT2D eigenvalue weighted by molar-refractivity contribution is 4.95. The van der Waals surface area contributed by atoms with Crippen molar-refractivity contribution in [2.45, 2.75) is 19.3 Å². The fourth-order valence-corrected chi connectivity index (χ4v) is 2.54. The number of hydrogen-bond donors (Lipinski definition) is 1. The Morgan fingerprint density at radius 3 is 2.79 bits per heavy atom. The molecule has 2 aliphatic heterocycles. The largest absolute Gasteiger partial charge is 0.381 e. The van der Waals surface area contributed by atoms with Gasteiger partial charge in [0.15, 0.2) is 0 Å². The predicted octanol–water partition coefficient (Wildman–Crippen LogP) is 1.16. The summed E-state index contributed by atoms with van der Waals surface area (Å²) < 4.78 is 5.34. The van der Waals surface area contributed by atoms with Crippen LogP contribution in [0.15, 0.2) is 0 Å². The van der Waals surface area contributed by atoms with Crippen LogP contribution in [0.1, 0.15) is 19.3 Å². The number of nitrogens with zero attached hydrogens (tertiary/aromatic N) is 1. The molecular weight excluding hydrogens is 176 g/mol. The first-order valence-corrected chi connectivity index (χ1v) is 5.58. The minimum Gasteiger partial charge on any atom is -0.381 e. The van der Waals surface area contributed by atoms with Gasteiger partial charge in [0, 0.05) is 19.8 Å². The van der Waals surface area contributed by atoms with Crippen molar-refractivity contribution in [2.75, 3.05) is 26.3 Å². The number of rotatable bonds is 2. The molecule has 3 heteroatoms. The molecule has 0 saturated carbocycles. The number of nitriles is 1. The summed E-state index contributed by atoms with van der Waals surface area (Å²) in [7, 11) is 0. The van der Waals surface area contributed by atoms with Crippen LogP contribution in [0.25, 0.3) is 0 Å². The first-order valence-electron chi connectivity index (χ1n) is 5.58. The maximum Gasteiger partial charge on any atom is 0.0672 e. The summed E-state index contributed by atoms with van der Waals surface area (Å²) in [6.07, 6.45) is 3.60. The van der Waals surface area contributed by atoms with Gasteiger partial charge < -0.3 is 10.1 Å². The van der Waals surface area contributed by atoms with E-state index in [4.69, 9.17) is 10.00 Å². The van der Waals surface area contributed by atoms with Crippen molar-refractivity contribution in [1.29, 1.82) is 5.26 Å². The Bertz CT molecular complexity index is 218. The lowest BCUT2D eigenvalue weighted by atomic mass is 9.84. The van der Waals surface area contributed by atoms with Crippen molar-refractivity contribution in [3.05, 3.63) is 0 Å². The summed E-state index contributed by atoms with van der Waals surface area (Å²) in [5.74, 6) is 1.63. The molecule has 2 atom stereocenters. The highest BCUT2D eigenvalue weighted by Crippen LogP contribution is 2.28.